The second-order valence-corrected chi connectivity index (χ2v) is 7.08. The van der Waals surface area contributed by atoms with Gasteiger partial charge in [-0.3, -0.25) is 14.5 Å². The molecule has 2 aromatic carbocycles. The number of benzene rings is 2. The van der Waals surface area contributed by atoms with Crippen LogP contribution in [0.2, 0.25) is 0 Å². The van der Waals surface area contributed by atoms with Crippen molar-refractivity contribution < 1.29 is 9.84 Å². The average molecular weight is 394 g/mol. The van der Waals surface area contributed by atoms with Gasteiger partial charge in [-0.25, -0.2) is 4.98 Å². The summed E-state index contributed by atoms with van der Waals surface area (Å²) in [6.45, 7) is 0.152. The number of hydrogen-bond donors (Lipinski definition) is 2. The van der Waals surface area contributed by atoms with Gasteiger partial charge in [-0.2, -0.15) is 5.10 Å². The number of aliphatic hydroxyl groups excluding tert-OH is 1. The highest BCUT2D eigenvalue weighted by molar-refractivity contribution is 7.99. The Morgan fingerprint density at radius 1 is 1.11 bits per heavy atom. The minimum absolute atomic E-state index is 0.152. The molecule has 0 aliphatic heterocycles. The Balaban J connectivity index is 1.55. The average Bonchev–Trinajstić information content (AvgIpc) is 3.21. The van der Waals surface area contributed by atoms with Crippen molar-refractivity contribution in [3.63, 3.8) is 0 Å². The van der Waals surface area contributed by atoms with Crippen molar-refractivity contribution in [2.24, 2.45) is 0 Å². The van der Waals surface area contributed by atoms with Crippen LogP contribution in [0.25, 0.3) is 16.7 Å². The van der Waals surface area contributed by atoms with Gasteiger partial charge >= 0.3 is 0 Å². The SMILES string of the molecule is O=c1c2cn[nH]c2nc(SCC(O)COc2ccccc2)n1-c1ccccc1. The van der Waals surface area contributed by atoms with Crippen LogP contribution in [0.1, 0.15) is 0 Å². The van der Waals surface area contributed by atoms with Crippen LogP contribution in [0.4, 0.5) is 0 Å². The minimum atomic E-state index is -0.719. The molecule has 0 aliphatic rings. The van der Waals surface area contributed by atoms with Gasteiger partial charge in [-0.15, -0.1) is 0 Å². The lowest BCUT2D eigenvalue weighted by Crippen LogP contribution is -2.24. The Bertz CT molecular complexity index is 1110. The van der Waals surface area contributed by atoms with Gasteiger partial charge in [-0.1, -0.05) is 48.2 Å². The number of para-hydroxylation sites is 2. The van der Waals surface area contributed by atoms with E-state index >= 15 is 0 Å². The Hall–Kier alpha value is -3.10. The minimum Gasteiger partial charge on any atom is -0.491 e. The number of H-pyrrole nitrogens is 1. The van der Waals surface area contributed by atoms with E-state index in [1.807, 2.05) is 60.7 Å². The molecule has 0 aliphatic carbocycles. The van der Waals surface area contributed by atoms with E-state index in [4.69, 9.17) is 4.74 Å². The maximum atomic E-state index is 12.9. The van der Waals surface area contributed by atoms with Crippen LogP contribution < -0.4 is 10.3 Å². The first-order valence-corrected chi connectivity index (χ1v) is 9.71. The molecular weight excluding hydrogens is 376 g/mol. The topological polar surface area (TPSA) is 93.0 Å². The molecule has 142 valence electrons. The molecule has 1 atom stereocenters. The lowest BCUT2D eigenvalue weighted by atomic mass is 10.3. The quantitative estimate of drug-likeness (QED) is 0.370. The van der Waals surface area contributed by atoms with Crippen LogP contribution in [-0.4, -0.2) is 43.3 Å². The van der Waals surface area contributed by atoms with Crippen molar-refractivity contribution in [3.05, 3.63) is 77.2 Å². The molecular formula is C20H18N4O3S. The molecule has 2 heterocycles. The highest BCUT2D eigenvalue weighted by Crippen LogP contribution is 2.21. The molecule has 0 amide bonds. The molecule has 8 heteroatoms. The van der Waals surface area contributed by atoms with E-state index in [0.717, 1.165) is 0 Å². The first-order chi connectivity index (χ1) is 13.7. The van der Waals surface area contributed by atoms with E-state index in [0.29, 0.717) is 33.4 Å². The summed E-state index contributed by atoms with van der Waals surface area (Å²) >= 11 is 1.29. The zero-order valence-electron chi connectivity index (χ0n) is 14.9. The van der Waals surface area contributed by atoms with Crippen molar-refractivity contribution in [2.75, 3.05) is 12.4 Å². The van der Waals surface area contributed by atoms with Gasteiger partial charge in [-0.05, 0) is 24.3 Å². The zero-order chi connectivity index (χ0) is 19.3. The van der Waals surface area contributed by atoms with Gasteiger partial charge < -0.3 is 9.84 Å². The molecule has 0 fully saturated rings. The third-order valence-corrected chi connectivity index (χ3v) is 5.14. The standard InChI is InChI=1S/C20H18N4O3S/c25-15(12-27-16-9-5-2-6-10-16)13-28-20-22-18-17(11-21-23-18)19(26)24(20)14-7-3-1-4-8-14/h1-11,15,25H,12-13H2,(H,21,23). The second-order valence-electron chi connectivity index (χ2n) is 6.09. The molecule has 0 radical (unpaired) electrons. The summed E-state index contributed by atoms with van der Waals surface area (Å²) in [5.74, 6) is 1.02. The Kier molecular flexibility index (Phi) is 5.41. The number of aromatic nitrogens is 4. The van der Waals surface area contributed by atoms with Crippen molar-refractivity contribution in [1.29, 1.82) is 0 Å². The van der Waals surface area contributed by atoms with Crippen molar-refractivity contribution >= 4 is 22.8 Å². The number of hydrogen-bond acceptors (Lipinski definition) is 6. The fraction of sp³-hybridized carbons (Fsp3) is 0.150. The first kappa shape index (κ1) is 18.3. The molecule has 4 rings (SSSR count). The summed E-state index contributed by atoms with van der Waals surface area (Å²) in [6, 6.07) is 18.6. The number of aliphatic hydroxyl groups is 1. The largest absolute Gasteiger partial charge is 0.491 e. The van der Waals surface area contributed by atoms with Gasteiger partial charge in [0.15, 0.2) is 10.8 Å². The lowest BCUT2D eigenvalue weighted by Gasteiger charge is -2.14. The number of aromatic amines is 1. The van der Waals surface area contributed by atoms with E-state index in [2.05, 4.69) is 15.2 Å². The van der Waals surface area contributed by atoms with E-state index in [-0.39, 0.29) is 12.2 Å². The van der Waals surface area contributed by atoms with Gasteiger partial charge in [0, 0.05) is 5.75 Å². The van der Waals surface area contributed by atoms with Crippen LogP contribution in [0.15, 0.2) is 76.8 Å². The number of nitrogens with one attached hydrogen (secondary N) is 1. The Morgan fingerprint density at radius 2 is 1.82 bits per heavy atom. The van der Waals surface area contributed by atoms with Crippen LogP contribution in [0.5, 0.6) is 5.75 Å². The molecule has 0 spiro atoms. The van der Waals surface area contributed by atoms with Crippen molar-refractivity contribution in [2.45, 2.75) is 11.3 Å². The molecule has 28 heavy (non-hydrogen) atoms. The molecule has 7 nitrogen and oxygen atoms in total. The molecule has 0 saturated heterocycles. The number of fused-ring (bicyclic) bond motifs is 1. The van der Waals surface area contributed by atoms with E-state index in [1.54, 1.807) is 0 Å². The highest BCUT2D eigenvalue weighted by Gasteiger charge is 2.16. The molecule has 2 N–H and O–H groups in total. The number of ether oxygens (including phenoxy) is 1. The van der Waals surface area contributed by atoms with Crippen molar-refractivity contribution in [1.82, 2.24) is 19.7 Å². The molecule has 0 saturated carbocycles. The van der Waals surface area contributed by atoms with Crippen LogP contribution in [-0.2, 0) is 0 Å². The van der Waals surface area contributed by atoms with Gasteiger partial charge in [0.05, 0.1) is 18.0 Å². The molecule has 2 aromatic heterocycles. The van der Waals surface area contributed by atoms with Crippen LogP contribution in [0, 0.1) is 0 Å². The summed E-state index contributed by atoms with van der Waals surface area (Å²) in [5.41, 5.74) is 0.929. The molecule has 4 aromatic rings. The zero-order valence-corrected chi connectivity index (χ0v) is 15.7. The van der Waals surface area contributed by atoms with E-state index in [1.165, 1.54) is 22.5 Å². The smallest absolute Gasteiger partial charge is 0.269 e. The predicted molar refractivity (Wildman–Crippen MR) is 108 cm³/mol. The highest BCUT2D eigenvalue weighted by atomic mass is 32.2. The van der Waals surface area contributed by atoms with Crippen LogP contribution >= 0.6 is 11.8 Å². The Labute approximate surface area is 165 Å². The second kappa shape index (κ2) is 8.28. The van der Waals surface area contributed by atoms with Gasteiger partial charge in [0.2, 0.25) is 0 Å². The lowest BCUT2D eigenvalue weighted by molar-refractivity contribution is 0.126. The number of nitrogens with zero attached hydrogens (tertiary/aromatic N) is 3. The fourth-order valence-corrected chi connectivity index (χ4v) is 3.61. The summed E-state index contributed by atoms with van der Waals surface area (Å²) in [6.07, 6.45) is 0.755. The van der Waals surface area contributed by atoms with Crippen LogP contribution in [0.3, 0.4) is 0 Å². The van der Waals surface area contributed by atoms with Gasteiger partial charge in [0.1, 0.15) is 17.7 Å². The fourth-order valence-electron chi connectivity index (χ4n) is 2.70. The summed E-state index contributed by atoms with van der Waals surface area (Å²) in [7, 11) is 0. The summed E-state index contributed by atoms with van der Waals surface area (Å²) in [5, 5.41) is 17.8. The summed E-state index contributed by atoms with van der Waals surface area (Å²) in [4.78, 5) is 17.4. The monoisotopic (exact) mass is 394 g/mol. The van der Waals surface area contributed by atoms with E-state index in [9.17, 15) is 9.90 Å². The maximum Gasteiger partial charge on any atom is 0.269 e. The molecule has 0 bridgehead atoms. The number of rotatable bonds is 7. The third kappa shape index (κ3) is 3.92. The van der Waals surface area contributed by atoms with Crippen molar-refractivity contribution in [3.8, 4) is 11.4 Å². The maximum absolute atomic E-state index is 12.9. The predicted octanol–water partition coefficient (Wildman–Crippen LogP) is 2.64. The Morgan fingerprint density at radius 3 is 2.57 bits per heavy atom. The van der Waals surface area contributed by atoms with Gasteiger partial charge in [0.25, 0.3) is 5.56 Å². The normalized spacial score (nSPS) is 12.2. The first-order valence-electron chi connectivity index (χ1n) is 8.72. The third-order valence-electron chi connectivity index (χ3n) is 4.06. The number of thioether (sulfide) groups is 1. The summed E-state index contributed by atoms with van der Waals surface area (Å²) < 4.78 is 7.12. The molecule has 1 unspecified atom stereocenters. The van der Waals surface area contributed by atoms with E-state index < -0.39 is 6.10 Å².